The van der Waals surface area contributed by atoms with E-state index in [2.05, 4.69) is 22.5 Å². The molecule has 1 atom stereocenters. The standard InChI is InChI=1S/C11H18N4OS2/c1-11(4-3-5-17-11)6-14-9(16)7-8(12)15-10(13-2)18-7/h3-6,12H2,1-2H3,(H,13,15)(H,14,16). The van der Waals surface area contributed by atoms with Gasteiger partial charge in [0.05, 0.1) is 0 Å². The summed E-state index contributed by atoms with van der Waals surface area (Å²) in [5.41, 5.74) is 5.73. The Bertz CT molecular complexity index is 440. The highest BCUT2D eigenvalue weighted by Gasteiger charge is 2.30. The fourth-order valence-corrected chi connectivity index (χ4v) is 3.92. The van der Waals surface area contributed by atoms with Crippen LogP contribution < -0.4 is 16.4 Å². The van der Waals surface area contributed by atoms with E-state index in [1.54, 1.807) is 7.05 Å². The summed E-state index contributed by atoms with van der Waals surface area (Å²) in [6.45, 7) is 2.88. The molecule has 2 rings (SSSR count). The maximum Gasteiger partial charge on any atom is 0.265 e. The van der Waals surface area contributed by atoms with Gasteiger partial charge >= 0.3 is 0 Å². The number of carbonyl (C=O) groups excluding carboxylic acids is 1. The van der Waals surface area contributed by atoms with Crippen LogP contribution in [0.5, 0.6) is 0 Å². The van der Waals surface area contributed by atoms with Crippen LogP contribution in [0.3, 0.4) is 0 Å². The van der Waals surface area contributed by atoms with Gasteiger partial charge in [-0.1, -0.05) is 11.3 Å². The van der Waals surface area contributed by atoms with E-state index < -0.39 is 0 Å². The van der Waals surface area contributed by atoms with E-state index in [0.717, 1.165) is 6.42 Å². The van der Waals surface area contributed by atoms with Crippen LogP contribution >= 0.6 is 23.1 Å². The Balaban J connectivity index is 1.96. The number of carbonyl (C=O) groups is 1. The van der Waals surface area contributed by atoms with Crippen LogP contribution in [0.4, 0.5) is 10.9 Å². The molecule has 1 amide bonds. The molecule has 1 aliphatic rings. The lowest BCUT2D eigenvalue weighted by atomic mass is 10.1. The van der Waals surface area contributed by atoms with E-state index in [1.165, 1.54) is 23.5 Å². The fourth-order valence-electron chi connectivity index (χ4n) is 1.93. The van der Waals surface area contributed by atoms with Crippen LogP contribution in [0.1, 0.15) is 29.4 Å². The molecule has 0 radical (unpaired) electrons. The highest BCUT2D eigenvalue weighted by Crippen LogP contribution is 2.37. The summed E-state index contributed by atoms with van der Waals surface area (Å²) in [7, 11) is 1.76. The van der Waals surface area contributed by atoms with Crippen molar-refractivity contribution in [3.8, 4) is 0 Å². The first-order valence-electron chi connectivity index (χ1n) is 5.90. The highest BCUT2D eigenvalue weighted by molar-refractivity contribution is 8.00. The first-order chi connectivity index (χ1) is 8.54. The zero-order valence-electron chi connectivity index (χ0n) is 10.6. The summed E-state index contributed by atoms with van der Waals surface area (Å²) < 4.78 is 0.168. The largest absolute Gasteiger partial charge is 0.382 e. The van der Waals surface area contributed by atoms with Gasteiger partial charge < -0.3 is 16.4 Å². The summed E-state index contributed by atoms with van der Waals surface area (Å²) in [6, 6.07) is 0. The zero-order valence-corrected chi connectivity index (χ0v) is 12.2. The van der Waals surface area contributed by atoms with Gasteiger partial charge in [0, 0.05) is 18.3 Å². The van der Waals surface area contributed by atoms with Crippen molar-refractivity contribution < 1.29 is 4.79 Å². The third-order valence-corrected chi connectivity index (χ3v) is 5.62. The minimum Gasteiger partial charge on any atom is -0.382 e. The van der Waals surface area contributed by atoms with Gasteiger partial charge in [0.15, 0.2) is 5.13 Å². The summed E-state index contributed by atoms with van der Waals surface area (Å²) in [5, 5.41) is 6.52. The van der Waals surface area contributed by atoms with Crippen LogP contribution in [0.2, 0.25) is 0 Å². The van der Waals surface area contributed by atoms with E-state index >= 15 is 0 Å². The minimum absolute atomic E-state index is 0.125. The predicted molar refractivity (Wildman–Crippen MR) is 78.5 cm³/mol. The number of nitrogens with two attached hydrogens (primary N) is 1. The van der Waals surface area contributed by atoms with Gasteiger partial charge in [0.25, 0.3) is 5.91 Å². The molecule has 0 saturated carbocycles. The highest BCUT2D eigenvalue weighted by atomic mass is 32.2. The summed E-state index contributed by atoms with van der Waals surface area (Å²) in [6.07, 6.45) is 2.38. The molecule has 0 spiro atoms. The molecule has 1 aromatic heterocycles. The van der Waals surface area contributed by atoms with Crippen molar-refractivity contribution in [1.82, 2.24) is 10.3 Å². The maximum absolute atomic E-state index is 12.0. The molecule has 0 bridgehead atoms. The van der Waals surface area contributed by atoms with Gasteiger partial charge in [-0.05, 0) is 25.5 Å². The molecule has 100 valence electrons. The number of hydrogen-bond acceptors (Lipinski definition) is 6. The van der Waals surface area contributed by atoms with Crippen molar-refractivity contribution in [2.75, 3.05) is 30.4 Å². The number of anilines is 2. The Morgan fingerprint density at radius 1 is 1.61 bits per heavy atom. The normalized spacial score (nSPS) is 23.0. The number of hydrogen-bond donors (Lipinski definition) is 3. The summed E-state index contributed by atoms with van der Waals surface area (Å²) >= 11 is 3.21. The fraction of sp³-hybridized carbons (Fsp3) is 0.636. The van der Waals surface area contributed by atoms with E-state index in [0.29, 0.717) is 22.4 Å². The van der Waals surface area contributed by atoms with Gasteiger partial charge in [-0.2, -0.15) is 11.8 Å². The van der Waals surface area contributed by atoms with Crippen LogP contribution in [0.25, 0.3) is 0 Å². The van der Waals surface area contributed by atoms with Crippen LogP contribution in [0, 0.1) is 0 Å². The Morgan fingerprint density at radius 3 is 2.94 bits per heavy atom. The molecule has 2 heterocycles. The van der Waals surface area contributed by atoms with Crippen molar-refractivity contribution in [3.05, 3.63) is 4.88 Å². The number of aromatic nitrogens is 1. The lowest BCUT2D eigenvalue weighted by Crippen LogP contribution is -2.36. The van der Waals surface area contributed by atoms with Crippen molar-refractivity contribution in [1.29, 1.82) is 0 Å². The molecule has 1 aromatic rings. The number of thiazole rings is 1. The molecule has 1 aliphatic heterocycles. The van der Waals surface area contributed by atoms with Gasteiger partial charge in [-0.25, -0.2) is 4.98 Å². The number of thioether (sulfide) groups is 1. The summed E-state index contributed by atoms with van der Waals surface area (Å²) in [4.78, 5) is 16.6. The lowest BCUT2D eigenvalue weighted by molar-refractivity contribution is 0.0954. The zero-order chi connectivity index (χ0) is 13.2. The number of nitrogens with zero attached hydrogens (tertiary/aromatic N) is 1. The SMILES string of the molecule is CNc1nc(N)c(C(=O)NCC2(C)CCCS2)s1. The third kappa shape index (κ3) is 2.89. The number of nitrogens with one attached hydrogen (secondary N) is 2. The Hall–Kier alpha value is -0.950. The van der Waals surface area contributed by atoms with Crippen LogP contribution in [-0.4, -0.2) is 35.0 Å². The lowest BCUT2D eigenvalue weighted by Gasteiger charge is -2.22. The molecule has 0 aromatic carbocycles. The first-order valence-corrected chi connectivity index (χ1v) is 7.70. The second-order valence-corrected chi connectivity index (χ2v) is 7.25. The monoisotopic (exact) mass is 286 g/mol. The molecule has 7 heteroatoms. The van der Waals surface area contributed by atoms with E-state index in [9.17, 15) is 4.79 Å². The molecule has 0 aliphatic carbocycles. The van der Waals surface area contributed by atoms with E-state index in [-0.39, 0.29) is 10.7 Å². The minimum atomic E-state index is -0.125. The number of nitrogen functional groups attached to an aromatic ring is 1. The van der Waals surface area contributed by atoms with Crippen molar-refractivity contribution in [3.63, 3.8) is 0 Å². The van der Waals surface area contributed by atoms with Crippen LogP contribution in [-0.2, 0) is 0 Å². The van der Waals surface area contributed by atoms with Crippen molar-refractivity contribution in [2.24, 2.45) is 0 Å². The molecule has 1 fully saturated rings. The molecule has 4 N–H and O–H groups in total. The maximum atomic E-state index is 12.0. The number of rotatable bonds is 4. The van der Waals surface area contributed by atoms with E-state index in [4.69, 9.17) is 5.73 Å². The molecule has 18 heavy (non-hydrogen) atoms. The van der Waals surface area contributed by atoms with Gasteiger partial charge in [-0.3, -0.25) is 4.79 Å². The van der Waals surface area contributed by atoms with Gasteiger partial charge in [-0.15, -0.1) is 0 Å². The summed E-state index contributed by atoms with van der Waals surface area (Å²) in [5.74, 6) is 1.35. The second-order valence-electron chi connectivity index (χ2n) is 4.57. The Labute approximate surface area is 115 Å². The average Bonchev–Trinajstić information content (AvgIpc) is 2.93. The quantitative estimate of drug-likeness (QED) is 0.786. The van der Waals surface area contributed by atoms with Gasteiger partial charge in [0.1, 0.15) is 10.7 Å². The average molecular weight is 286 g/mol. The van der Waals surface area contributed by atoms with Crippen molar-refractivity contribution >= 4 is 40.0 Å². The Morgan fingerprint density at radius 2 is 2.39 bits per heavy atom. The molecular weight excluding hydrogens is 268 g/mol. The smallest absolute Gasteiger partial charge is 0.265 e. The number of amides is 1. The molecule has 1 unspecified atom stereocenters. The second kappa shape index (κ2) is 5.36. The Kier molecular flexibility index (Phi) is 4.01. The van der Waals surface area contributed by atoms with Gasteiger partial charge in [0.2, 0.25) is 0 Å². The molecule has 1 saturated heterocycles. The van der Waals surface area contributed by atoms with Crippen molar-refractivity contribution in [2.45, 2.75) is 24.5 Å². The third-order valence-electron chi connectivity index (χ3n) is 3.00. The van der Waals surface area contributed by atoms with E-state index in [1.807, 2.05) is 11.8 Å². The predicted octanol–water partition coefficient (Wildman–Crippen LogP) is 1.78. The topological polar surface area (TPSA) is 80.0 Å². The first kappa shape index (κ1) is 13.5. The molecular formula is C11H18N4OS2. The van der Waals surface area contributed by atoms with Crippen LogP contribution in [0.15, 0.2) is 0 Å². The molecule has 5 nitrogen and oxygen atoms in total.